The van der Waals surface area contributed by atoms with Gasteiger partial charge in [-0.2, -0.15) is 0 Å². The van der Waals surface area contributed by atoms with Crippen LogP contribution in [0.25, 0.3) is 5.57 Å². The van der Waals surface area contributed by atoms with Gasteiger partial charge in [0.1, 0.15) is 0 Å². The van der Waals surface area contributed by atoms with Crippen molar-refractivity contribution < 1.29 is 9.53 Å². The van der Waals surface area contributed by atoms with Gasteiger partial charge in [0.15, 0.2) is 0 Å². The molecule has 0 radical (unpaired) electrons. The van der Waals surface area contributed by atoms with Crippen molar-refractivity contribution in [1.82, 2.24) is 0 Å². The first-order valence-electron chi connectivity index (χ1n) is 9.83. The van der Waals surface area contributed by atoms with E-state index in [1.54, 1.807) is 0 Å². The molecule has 3 nitrogen and oxygen atoms in total. The van der Waals surface area contributed by atoms with Crippen molar-refractivity contribution in [2.75, 3.05) is 11.9 Å². The highest BCUT2D eigenvalue weighted by molar-refractivity contribution is 9.10. The molecule has 30 heavy (non-hydrogen) atoms. The summed E-state index contributed by atoms with van der Waals surface area (Å²) in [6, 6.07) is 24.5. The largest absolute Gasteiger partial charge is 0.466 e. The van der Waals surface area contributed by atoms with Gasteiger partial charge in [0.2, 0.25) is 0 Å². The zero-order chi connectivity index (χ0) is 21.1. The number of benzene rings is 3. The standard InChI is InChI=1S/C25H21Br2NO2/c1-2-30-23(29)15-21-24(16-6-4-3-5-7-16)20-14-19(27)12-13-22(20)28-25(21)17-8-10-18(26)11-9-17/h3-14,25,28H,2,15H2,1H3. The molecule has 0 fully saturated rings. The molecular formula is C25H21Br2NO2. The number of hydrogen-bond donors (Lipinski definition) is 1. The maximum Gasteiger partial charge on any atom is 0.310 e. The molecule has 1 heterocycles. The van der Waals surface area contributed by atoms with Crippen LogP contribution in [0.5, 0.6) is 0 Å². The highest BCUT2D eigenvalue weighted by atomic mass is 79.9. The Morgan fingerprint density at radius 1 is 0.967 bits per heavy atom. The molecular weight excluding hydrogens is 506 g/mol. The number of esters is 1. The van der Waals surface area contributed by atoms with E-state index in [2.05, 4.69) is 73.6 Å². The lowest BCUT2D eigenvalue weighted by molar-refractivity contribution is -0.142. The molecule has 0 amide bonds. The van der Waals surface area contributed by atoms with Crippen molar-refractivity contribution >= 4 is 49.1 Å². The van der Waals surface area contributed by atoms with Crippen LogP contribution in [0, 0.1) is 0 Å². The van der Waals surface area contributed by atoms with Crippen molar-refractivity contribution in [3.63, 3.8) is 0 Å². The lowest BCUT2D eigenvalue weighted by Crippen LogP contribution is -2.23. The molecule has 1 atom stereocenters. The summed E-state index contributed by atoms with van der Waals surface area (Å²) in [6.07, 6.45) is 0.220. The molecule has 0 aliphatic carbocycles. The predicted molar refractivity (Wildman–Crippen MR) is 128 cm³/mol. The second-order valence-electron chi connectivity index (χ2n) is 7.07. The lowest BCUT2D eigenvalue weighted by Gasteiger charge is -2.33. The summed E-state index contributed by atoms with van der Waals surface area (Å²) in [6.45, 7) is 2.20. The summed E-state index contributed by atoms with van der Waals surface area (Å²) in [7, 11) is 0. The van der Waals surface area contributed by atoms with E-state index in [9.17, 15) is 4.79 Å². The zero-order valence-corrected chi connectivity index (χ0v) is 19.7. The summed E-state index contributed by atoms with van der Waals surface area (Å²) in [4.78, 5) is 12.6. The smallest absolute Gasteiger partial charge is 0.310 e. The van der Waals surface area contributed by atoms with E-state index in [0.717, 1.165) is 42.5 Å². The summed E-state index contributed by atoms with van der Waals surface area (Å²) >= 11 is 7.12. The molecule has 1 aliphatic rings. The third kappa shape index (κ3) is 4.37. The van der Waals surface area contributed by atoms with Gasteiger partial charge in [-0.1, -0.05) is 74.3 Å². The van der Waals surface area contributed by atoms with Gasteiger partial charge in [-0.15, -0.1) is 0 Å². The highest BCUT2D eigenvalue weighted by Gasteiger charge is 2.30. The van der Waals surface area contributed by atoms with Gasteiger partial charge in [0.05, 0.1) is 19.1 Å². The van der Waals surface area contributed by atoms with E-state index in [1.807, 2.05) is 43.3 Å². The number of ether oxygens (including phenoxy) is 1. The topological polar surface area (TPSA) is 38.3 Å². The normalized spacial score (nSPS) is 15.4. The van der Waals surface area contributed by atoms with Crippen LogP contribution in [0.1, 0.15) is 36.1 Å². The average Bonchev–Trinajstić information content (AvgIpc) is 2.75. The van der Waals surface area contributed by atoms with E-state index in [-0.39, 0.29) is 18.4 Å². The Morgan fingerprint density at radius 3 is 2.37 bits per heavy atom. The van der Waals surface area contributed by atoms with E-state index in [4.69, 9.17) is 4.74 Å². The second-order valence-corrected chi connectivity index (χ2v) is 8.90. The van der Waals surface area contributed by atoms with E-state index >= 15 is 0 Å². The predicted octanol–water partition coefficient (Wildman–Crippen LogP) is 7.13. The summed E-state index contributed by atoms with van der Waals surface area (Å²) < 4.78 is 7.34. The molecule has 0 spiro atoms. The molecule has 1 unspecified atom stereocenters. The van der Waals surface area contributed by atoms with Crippen molar-refractivity contribution in [2.24, 2.45) is 0 Å². The fourth-order valence-corrected chi connectivity index (χ4v) is 4.48. The third-order valence-electron chi connectivity index (χ3n) is 5.13. The molecule has 0 aromatic heterocycles. The zero-order valence-electron chi connectivity index (χ0n) is 16.5. The van der Waals surface area contributed by atoms with Gasteiger partial charge in [0, 0.05) is 20.2 Å². The number of nitrogens with one attached hydrogen (secondary N) is 1. The Kier molecular flexibility index (Phi) is 6.40. The fraction of sp³-hybridized carbons (Fsp3) is 0.160. The molecule has 152 valence electrons. The Hall–Kier alpha value is -2.37. The van der Waals surface area contributed by atoms with Crippen LogP contribution in [-0.4, -0.2) is 12.6 Å². The van der Waals surface area contributed by atoms with Crippen molar-refractivity contribution in [2.45, 2.75) is 19.4 Å². The number of carbonyl (C=O) groups excluding carboxylic acids is 1. The van der Waals surface area contributed by atoms with E-state index in [0.29, 0.717) is 6.61 Å². The number of anilines is 1. The molecule has 0 bridgehead atoms. The first-order chi connectivity index (χ1) is 14.6. The lowest BCUT2D eigenvalue weighted by atomic mass is 9.82. The molecule has 0 saturated carbocycles. The number of carbonyl (C=O) groups is 1. The number of fused-ring (bicyclic) bond motifs is 1. The Morgan fingerprint density at radius 2 is 1.67 bits per heavy atom. The fourth-order valence-electron chi connectivity index (χ4n) is 3.85. The maximum absolute atomic E-state index is 12.6. The minimum atomic E-state index is -0.219. The summed E-state index contributed by atoms with van der Waals surface area (Å²) in [5.74, 6) is -0.219. The first-order valence-corrected chi connectivity index (χ1v) is 11.4. The number of rotatable bonds is 5. The van der Waals surface area contributed by atoms with Crippen molar-refractivity contribution in [3.8, 4) is 0 Å². The van der Waals surface area contributed by atoms with Crippen LogP contribution in [-0.2, 0) is 9.53 Å². The minimum absolute atomic E-state index is 0.133. The van der Waals surface area contributed by atoms with Crippen LogP contribution in [0.3, 0.4) is 0 Å². The van der Waals surface area contributed by atoms with Gasteiger partial charge < -0.3 is 10.1 Å². The van der Waals surface area contributed by atoms with Crippen LogP contribution in [0.4, 0.5) is 5.69 Å². The molecule has 4 rings (SSSR count). The van der Waals surface area contributed by atoms with Crippen LogP contribution >= 0.6 is 31.9 Å². The van der Waals surface area contributed by atoms with Crippen molar-refractivity contribution in [3.05, 3.63) is 104 Å². The molecule has 3 aromatic rings. The van der Waals surface area contributed by atoms with Crippen molar-refractivity contribution in [1.29, 1.82) is 0 Å². The van der Waals surface area contributed by atoms with Gasteiger partial charge in [-0.25, -0.2) is 0 Å². The van der Waals surface area contributed by atoms with Crippen LogP contribution in [0.15, 0.2) is 87.3 Å². The Bertz CT molecular complexity index is 1090. The number of halogens is 2. The first kappa shape index (κ1) is 20.9. The van der Waals surface area contributed by atoms with Gasteiger partial charge in [0.25, 0.3) is 0 Å². The van der Waals surface area contributed by atoms with Crippen LogP contribution < -0.4 is 5.32 Å². The van der Waals surface area contributed by atoms with Crippen LogP contribution in [0.2, 0.25) is 0 Å². The molecule has 3 aromatic carbocycles. The van der Waals surface area contributed by atoms with E-state index < -0.39 is 0 Å². The number of hydrogen-bond acceptors (Lipinski definition) is 3. The molecule has 1 aliphatic heterocycles. The van der Waals surface area contributed by atoms with Gasteiger partial charge in [-0.05, 0) is 59.5 Å². The van der Waals surface area contributed by atoms with E-state index in [1.165, 1.54) is 0 Å². The third-order valence-corrected chi connectivity index (χ3v) is 6.15. The Labute approximate surface area is 193 Å². The SMILES string of the molecule is CCOC(=O)CC1=C(c2ccccc2)c2cc(Br)ccc2NC1c1ccc(Br)cc1. The highest BCUT2D eigenvalue weighted by Crippen LogP contribution is 2.45. The monoisotopic (exact) mass is 525 g/mol. The summed E-state index contributed by atoms with van der Waals surface area (Å²) in [5.41, 5.74) is 6.37. The van der Waals surface area contributed by atoms with Gasteiger partial charge >= 0.3 is 5.97 Å². The molecule has 5 heteroatoms. The average molecular weight is 527 g/mol. The molecule has 1 N–H and O–H groups in total. The quantitative estimate of drug-likeness (QED) is 0.359. The van der Waals surface area contributed by atoms with Gasteiger partial charge in [-0.3, -0.25) is 4.79 Å². The minimum Gasteiger partial charge on any atom is -0.466 e. The Balaban J connectivity index is 1.96. The summed E-state index contributed by atoms with van der Waals surface area (Å²) in [5, 5.41) is 3.66. The second kappa shape index (κ2) is 9.19. The maximum atomic E-state index is 12.6. The molecule has 0 saturated heterocycles.